The third-order valence-corrected chi connectivity index (χ3v) is 15.6. The topological polar surface area (TPSA) is 78.9 Å². The highest BCUT2D eigenvalue weighted by molar-refractivity contribution is 5.71. The molecule has 0 spiro atoms. The van der Waals surface area contributed by atoms with Crippen molar-refractivity contribution in [3.05, 3.63) is 97.2 Å². The molecular weight excluding hydrogens is 1020 g/mol. The van der Waals surface area contributed by atoms with Gasteiger partial charge in [0.1, 0.15) is 13.2 Å². The summed E-state index contributed by atoms with van der Waals surface area (Å²) in [5, 5.41) is 0. The Kier molecular flexibility index (Phi) is 67.7. The van der Waals surface area contributed by atoms with E-state index in [1.807, 2.05) is 0 Å². The molecule has 0 N–H and O–H groups in total. The van der Waals surface area contributed by atoms with Crippen molar-refractivity contribution in [2.24, 2.45) is 0 Å². The van der Waals surface area contributed by atoms with Gasteiger partial charge in [-0.25, -0.2) is 0 Å². The van der Waals surface area contributed by atoms with E-state index in [0.717, 1.165) is 122 Å². The summed E-state index contributed by atoms with van der Waals surface area (Å²) in [6.07, 6.45) is 95.9. The van der Waals surface area contributed by atoms with Crippen LogP contribution in [0.4, 0.5) is 0 Å². The molecule has 6 nitrogen and oxygen atoms in total. The fourth-order valence-electron chi connectivity index (χ4n) is 10.3. The van der Waals surface area contributed by atoms with Gasteiger partial charge in [-0.05, 0) is 116 Å². The third-order valence-electron chi connectivity index (χ3n) is 15.6. The van der Waals surface area contributed by atoms with E-state index < -0.39 is 6.10 Å². The van der Waals surface area contributed by atoms with Crippen LogP contribution < -0.4 is 0 Å². The minimum absolute atomic E-state index is 0.0809. The normalized spacial score (nSPS) is 12.7. The molecule has 0 rings (SSSR count). The van der Waals surface area contributed by atoms with Crippen LogP contribution in [0.2, 0.25) is 0 Å². The summed E-state index contributed by atoms with van der Waals surface area (Å²) < 4.78 is 17.0. The highest BCUT2D eigenvalue weighted by Gasteiger charge is 2.19. The number of carbonyl (C=O) groups is 3. The number of rotatable bonds is 65. The maximum Gasteiger partial charge on any atom is 0.306 e. The van der Waals surface area contributed by atoms with E-state index in [9.17, 15) is 14.4 Å². The van der Waals surface area contributed by atoms with Crippen molar-refractivity contribution in [3.63, 3.8) is 0 Å². The Hall–Kier alpha value is -3.67. The van der Waals surface area contributed by atoms with E-state index in [1.165, 1.54) is 193 Å². The number of hydrogen-bond acceptors (Lipinski definition) is 6. The molecule has 0 saturated heterocycles. The first-order chi connectivity index (χ1) is 41.0. The molecule has 0 aromatic heterocycles. The van der Waals surface area contributed by atoms with Gasteiger partial charge in [0.15, 0.2) is 6.10 Å². The highest BCUT2D eigenvalue weighted by atomic mass is 16.6. The minimum Gasteiger partial charge on any atom is -0.462 e. The van der Waals surface area contributed by atoms with E-state index in [2.05, 4.69) is 118 Å². The molecule has 0 saturated carbocycles. The van der Waals surface area contributed by atoms with E-state index in [1.54, 1.807) is 0 Å². The van der Waals surface area contributed by atoms with Gasteiger partial charge < -0.3 is 14.2 Å². The SMILES string of the molecule is CC/C=C\C/C=C\C/C=C\C/C=C\CCCCCCCCCCCCCCCCCCCCCCC(=O)OCC(COC(=O)CCCCCCC/C=C\C/C=C\C/C=C\CC)OC(=O)CCCCCCCCC/C=C\CCCCCCCC. The summed E-state index contributed by atoms with van der Waals surface area (Å²) in [5.74, 6) is -0.885. The highest BCUT2D eigenvalue weighted by Crippen LogP contribution is 2.18. The summed E-state index contributed by atoms with van der Waals surface area (Å²) in [5.41, 5.74) is 0. The molecule has 0 aliphatic carbocycles. The van der Waals surface area contributed by atoms with Crippen LogP contribution in [0.15, 0.2) is 97.2 Å². The smallest absolute Gasteiger partial charge is 0.306 e. The van der Waals surface area contributed by atoms with Crippen molar-refractivity contribution in [2.75, 3.05) is 13.2 Å². The summed E-state index contributed by atoms with van der Waals surface area (Å²) in [6, 6.07) is 0. The second kappa shape index (κ2) is 70.8. The van der Waals surface area contributed by atoms with Crippen molar-refractivity contribution in [1.29, 1.82) is 0 Å². The van der Waals surface area contributed by atoms with Crippen LogP contribution >= 0.6 is 0 Å². The van der Waals surface area contributed by atoms with Gasteiger partial charge in [-0.3, -0.25) is 14.4 Å². The van der Waals surface area contributed by atoms with Gasteiger partial charge in [0.05, 0.1) is 0 Å². The van der Waals surface area contributed by atoms with Crippen LogP contribution in [0, 0.1) is 0 Å². The fraction of sp³-hybridized carbons (Fsp3) is 0.753. The average Bonchev–Trinajstić information content (AvgIpc) is 3.49. The molecule has 0 aliphatic heterocycles. The van der Waals surface area contributed by atoms with Gasteiger partial charge in [0.2, 0.25) is 0 Å². The molecule has 0 bridgehead atoms. The first-order valence-electron chi connectivity index (χ1n) is 35.7. The quantitative estimate of drug-likeness (QED) is 0.0261. The predicted octanol–water partition coefficient (Wildman–Crippen LogP) is 24.8. The Labute approximate surface area is 515 Å². The Morgan fingerprint density at radius 2 is 0.470 bits per heavy atom. The number of ether oxygens (including phenoxy) is 3. The molecule has 0 aromatic rings. The molecule has 0 fully saturated rings. The van der Waals surface area contributed by atoms with Crippen molar-refractivity contribution >= 4 is 17.9 Å². The van der Waals surface area contributed by atoms with Gasteiger partial charge in [0, 0.05) is 19.3 Å². The zero-order valence-electron chi connectivity index (χ0n) is 54.9. The number of hydrogen-bond donors (Lipinski definition) is 0. The van der Waals surface area contributed by atoms with Gasteiger partial charge in [0.25, 0.3) is 0 Å². The summed E-state index contributed by atoms with van der Waals surface area (Å²) in [6.45, 7) is 6.44. The largest absolute Gasteiger partial charge is 0.462 e. The van der Waals surface area contributed by atoms with E-state index in [-0.39, 0.29) is 31.1 Å². The second-order valence-corrected chi connectivity index (χ2v) is 23.7. The monoisotopic (exact) mass is 1160 g/mol. The standard InChI is InChI=1S/C77H134O6/c1-4-7-10-13-16-19-22-25-28-30-31-32-33-34-35-36-37-38-39-40-41-42-43-44-45-47-49-52-55-58-61-64-67-70-76(79)82-73-74(72-81-75(78)69-66-63-60-57-54-51-48-27-24-21-18-15-12-9-6-3)83-77(80)71-68-65-62-59-56-53-50-46-29-26-23-20-17-14-11-8-5-2/h7,9-10,12,16,18-19,21,25-29,31-32,48,74H,4-6,8,11,13-15,17,20,22-24,30,33-47,49-73H2,1-3H3/b10-7-,12-9-,19-16-,21-18-,28-25-,29-26-,32-31-,48-27-. The van der Waals surface area contributed by atoms with E-state index >= 15 is 0 Å². The maximum absolute atomic E-state index is 12.9. The zero-order valence-corrected chi connectivity index (χ0v) is 54.9. The molecule has 83 heavy (non-hydrogen) atoms. The molecule has 0 radical (unpaired) electrons. The number of esters is 3. The van der Waals surface area contributed by atoms with Gasteiger partial charge >= 0.3 is 17.9 Å². The van der Waals surface area contributed by atoms with Gasteiger partial charge in [-0.1, -0.05) is 317 Å². The second-order valence-electron chi connectivity index (χ2n) is 23.7. The van der Waals surface area contributed by atoms with Crippen molar-refractivity contribution < 1.29 is 28.6 Å². The lowest BCUT2D eigenvalue weighted by Gasteiger charge is -2.18. The Morgan fingerprint density at radius 1 is 0.253 bits per heavy atom. The molecular formula is C77H134O6. The molecule has 0 aromatic carbocycles. The average molecular weight is 1160 g/mol. The van der Waals surface area contributed by atoms with Gasteiger partial charge in [-0.2, -0.15) is 0 Å². The Bertz CT molecular complexity index is 1610. The minimum atomic E-state index is -0.787. The molecule has 1 atom stereocenters. The molecule has 0 aliphatic rings. The number of unbranched alkanes of at least 4 members (excludes halogenated alkanes) is 38. The van der Waals surface area contributed by atoms with Crippen LogP contribution in [-0.2, 0) is 28.6 Å². The first-order valence-corrected chi connectivity index (χ1v) is 35.7. The van der Waals surface area contributed by atoms with Crippen molar-refractivity contribution in [3.8, 4) is 0 Å². The third kappa shape index (κ3) is 69.0. The zero-order chi connectivity index (χ0) is 59.9. The summed E-state index contributed by atoms with van der Waals surface area (Å²) in [7, 11) is 0. The fourth-order valence-corrected chi connectivity index (χ4v) is 10.3. The Morgan fingerprint density at radius 3 is 0.747 bits per heavy atom. The maximum atomic E-state index is 12.9. The van der Waals surface area contributed by atoms with E-state index in [0.29, 0.717) is 19.3 Å². The summed E-state index contributed by atoms with van der Waals surface area (Å²) >= 11 is 0. The van der Waals surface area contributed by atoms with Gasteiger partial charge in [-0.15, -0.1) is 0 Å². The molecule has 0 amide bonds. The molecule has 478 valence electrons. The first kappa shape index (κ1) is 79.3. The predicted molar refractivity (Wildman–Crippen MR) is 362 cm³/mol. The Balaban J connectivity index is 4.19. The number of carbonyl (C=O) groups excluding carboxylic acids is 3. The molecule has 1 unspecified atom stereocenters. The van der Waals surface area contributed by atoms with Crippen LogP contribution in [0.5, 0.6) is 0 Å². The van der Waals surface area contributed by atoms with E-state index in [4.69, 9.17) is 14.2 Å². The molecule has 0 heterocycles. The lowest BCUT2D eigenvalue weighted by molar-refractivity contribution is -0.167. The van der Waals surface area contributed by atoms with Crippen LogP contribution in [0.25, 0.3) is 0 Å². The number of allylic oxidation sites excluding steroid dienone is 16. The van der Waals surface area contributed by atoms with Crippen molar-refractivity contribution in [2.45, 2.75) is 361 Å². The van der Waals surface area contributed by atoms with Crippen LogP contribution in [-0.4, -0.2) is 37.2 Å². The lowest BCUT2D eigenvalue weighted by atomic mass is 10.0. The lowest BCUT2D eigenvalue weighted by Crippen LogP contribution is -2.30. The van der Waals surface area contributed by atoms with Crippen LogP contribution in [0.3, 0.4) is 0 Å². The van der Waals surface area contributed by atoms with Crippen molar-refractivity contribution in [1.82, 2.24) is 0 Å². The summed E-state index contributed by atoms with van der Waals surface area (Å²) in [4.78, 5) is 38.4. The van der Waals surface area contributed by atoms with Crippen LogP contribution in [0.1, 0.15) is 355 Å². The molecule has 6 heteroatoms.